The van der Waals surface area contributed by atoms with Crippen molar-refractivity contribution in [2.45, 2.75) is 44.6 Å². The molecule has 1 unspecified atom stereocenters. The Kier molecular flexibility index (Phi) is 4.22. The van der Waals surface area contributed by atoms with Crippen molar-refractivity contribution in [3.05, 3.63) is 0 Å². The third-order valence-electron chi connectivity index (χ3n) is 4.32. The van der Waals surface area contributed by atoms with Crippen LogP contribution in [0.4, 0.5) is 0 Å². The quantitative estimate of drug-likeness (QED) is 0.766. The van der Waals surface area contributed by atoms with Gasteiger partial charge in [0.1, 0.15) is 0 Å². The standard InChI is InChI=1S/C13H25NO2/c1-11-2-5-13(10-15,6-3-11)14-8-12-4-7-16-9-12/h11-12,14-15H,2-10H2,1H3. The lowest BCUT2D eigenvalue weighted by molar-refractivity contribution is 0.0994. The van der Waals surface area contributed by atoms with Gasteiger partial charge in [0.15, 0.2) is 0 Å². The fourth-order valence-corrected chi connectivity index (χ4v) is 2.81. The molecule has 0 amide bonds. The monoisotopic (exact) mass is 227 g/mol. The van der Waals surface area contributed by atoms with Crippen LogP contribution in [-0.2, 0) is 4.74 Å². The summed E-state index contributed by atoms with van der Waals surface area (Å²) in [5.74, 6) is 1.49. The largest absolute Gasteiger partial charge is 0.394 e. The molecule has 0 aromatic rings. The lowest BCUT2D eigenvalue weighted by Gasteiger charge is -2.39. The van der Waals surface area contributed by atoms with E-state index in [0.29, 0.717) is 5.92 Å². The van der Waals surface area contributed by atoms with Gasteiger partial charge in [0.05, 0.1) is 13.2 Å². The van der Waals surface area contributed by atoms with E-state index in [4.69, 9.17) is 4.74 Å². The molecule has 2 N–H and O–H groups in total. The number of rotatable bonds is 4. The van der Waals surface area contributed by atoms with Gasteiger partial charge in [0.2, 0.25) is 0 Å². The molecule has 3 nitrogen and oxygen atoms in total. The van der Waals surface area contributed by atoms with E-state index < -0.39 is 0 Å². The topological polar surface area (TPSA) is 41.5 Å². The summed E-state index contributed by atoms with van der Waals surface area (Å²) >= 11 is 0. The van der Waals surface area contributed by atoms with E-state index in [9.17, 15) is 5.11 Å². The fraction of sp³-hybridized carbons (Fsp3) is 1.00. The molecule has 0 aromatic carbocycles. The first-order valence-corrected chi connectivity index (χ1v) is 6.68. The molecule has 0 spiro atoms. The molecular weight excluding hydrogens is 202 g/mol. The molecule has 2 fully saturated rings. The smallest absolute Gasteiger partial charge is 0.0613 e. The first-order valence-electron chi connectivity index (χ1n) is 6.68. The van der Waals surface area contributed by atoms with Crippen molar-refractivity contribution >= 4 is 0 Å². The van der Waals surface area contributed by atoms with Crippen molar-refractivity contribution in [2.75, 3.05) is 26.4 Å². The predicted molar refractivity (Wildman–Crippen MR) is 64.4 cm³/mol. The number of hydrogen-bond acceptors (Lipinski definition) is 3. The number of ether oxygens (including phenoxy) is 1. The molecule has 0 aromatic heterocycles. The molecule has 2 rings (SSSR count). The molecule has 2 aliphatic rings. The van der Waals surface area contributed by atoms with Crippen molar-refractivity contribution in [3.8, 4) is 0 Å². The molecule has 1 heterocycles. The fourth-order valence-electron chi connectivity index (χ4n) is 2.81. The molecular formula is C13H25NO2. The van der Waals surface area contributed by atoms with Gasteiger partial charge in [-0.1, -0.05) is 6.92 Å². The maximum atomic E-state index is 9.61. The van der Waals surface area contributed by atoms with Crippen molar-refractivity contribution in [1.82, 2.24) is 5.32 Å². The first-order chi connectivity index (χ1) is 7.74. The van der Waals surface area contributed by atoms with Crippen molar-refractivity contribution in [3.63, 3.8) is 0 Å². The van der Waals surface area contributed by atoms with Crippen LogP contribution in [0.5, 0.6) is 0 Å². The Morgan fingerprint density at radius 1 is 1.31 bits per heavy atom. The predicted octanol–water partition coefficient (Wildman–Crippen LogP) is 1.55. The van der Waals surface area contributed by atoms with Crippen LogP contribution in [0.1, 0.15) is 39.0 Å². The third kappa shape index (κ3) is 2.96. The minimum atomic E-state index is 0.00903. The summed E-state index contributed by atoms with van der Waals surface area (Å²) in [5, 5.41) is 13.2. The van der Waals surface area contributed by atoms with E-state index in [2.05, 4.69) is 12.2 Å². The Hall–Kier alpha value is -0.120. The van der Waals surface area contributed by atoms with Crippen LogP contribution >= 0.6 is 0 Å². The Balaban J connectivity index is 1.79. The molecule has 3 heteroatoms. The van der Waals surface area contributed by atoms with Crippen LogP contribution in [0.2, 0.25) is 0 Å². The number of nitrogens with one attached hydrogen (secondary N) is 1. The second kappa shape index (κ2) is 5.48. The molecule has 0 radical (unpaired) electrons. The Morgan fingerprint density at radius 3 is 2.62 bits per heavy atom. The van der Waals surface area contributed by atoms with E-state index in [1.54, 1.807) is 0 Å². The highest BCUT2D eigenvalue weighted by atomic mass is 16.5. The van der Waals surface area contributed by atoms with Gasteiger partial charge >= 0.3 is 0 Å². The zero-order valence-electron chi connectivity index (χ0n) is 10.4. The molecule has 1 atom stereocenters. The second-order valence-electron chi connectivity index (χ2n) is 5.73. The van der Waals surface area contributed by atoms with Crippen molar-refractivity contribution < 1.29 is 9.84 Å². The average molecular weight is 227 g/mol. The molecule has 1 saturated carbocycles. The average Bonchev–Trinajstić information content (AvgIpc) is 2.82. The van der Waals surface area contributed by atoms with Crippen LogP contribution in [0, 0.1) is 11.8 Å². The SMILES string of the molecule is CC1CCC(CO)(NCC2CCOC2)CC1. The number of hydrogen-bond donors (Lipinski definition) is 2. The summed E-state index contributed by atoms with van der Waals surface area (Å²) < 4.78 is 5.38. The van der Waals surface area contributed by atoms with E-state index in [0.717, 1.165) is 38.5 Å². The number of aliphatic hydroxyl groups is 1. The summed E-state index contributed by atoms with van der Waals surface area (Å²) in [4.78, 5) is 0. The van der Waals surface area contributed by atoms with E-state index in [-0.39, 0.29) is 12.1 Å². The van der Waals surface area contributed by atoms with Gasteiger partial charge in [-0.3, -0.25) is 0 Å². The van der Waals surface area contributed by atoms with E-state index >= 15 is 0 Å². The zero-order chi connectivity index (χ0) is 11.4. The molecule has 16 heavy (non-hydrogen) atoms. The summed E-state index contributed by atoms with van der Waals surface area (Å²) in [6, 6.07) is 0. The summed E-state index contributed by atoms with van der Waals surface area (Å²) in [5.41, 5.74) is 0.00903. The first kappa shape index (κ1) is 12.3. The second-order valence-corrected chi connectivity index (χ2v) is 5.73. The maximum Gasteiger partial charge on any atom is 0.0613 e. The van der Waals surface area contributed by atoms with Crippen LogP contribution in [0.25, 0.3) is 0 Å². The minimum Gasteiger partial charge on any atom is -0.394 e. The number of aliphatic hydroxyl groups excluding tert-OH is 1. The van der Waals surface area contributed by atoms with Crippen LogP contribution in [0.3, 0.4) is 0 Å². The molecule has 0 bridgehead atoms. The summed E-state index contributed by atoms with van der Waals surface area (Å²) in [6.45, 7) is 5.41. The highest BCUT2D eigenvalue weighted by molar-refractivity contribution is 4.92. The van der Waals surface area contributed by atoms with Gasteiger partial charge in [0, 0.05) is 18.7 Å². The van der Waals surface area contributed by atoms with E-state index in [1.165, 1.54) is 19.3 Å². The Labute approximate surface area is 98.6 Å². The third-order valence-corrected chi connectivity index (χ3v) is 4.32. The van der Waals surface area contributed by atoms with Crippen LogP contribution in [-0.4, -0.2) is 37.0 Å². The normalized spacial score (nSPS) is 40.1. The Bertz CT molecular complexity index is 206. The molecule has 1 saturated heterocycles. The van der Waals surface area contributed by atoms with Gasteiger partial charge in [-0.05, 0) is 43.9 Å². The lowest BCUT2D eigenvalue weighted by Crippen LogP contribution is -2.52. The van der Waals surface area contributed by atoms with Gasteiger partial charge in [-0.25, -0.2) is 0 Å². The van der Waals surface area contributed by atoms with Gasteiger partial charge < -0.3 is 15.2 Å². The highest BCUT2D eigenvalue weighted by Gasteiger charge is 2.33. The van der Waals surface area contributed by atoms with Gasteiger partial charge in [-0.15, -0.1) is 0 Å². The van der Waals surface area contributed by atoms with E-state index in [1.807, 2.05) is 0 Å². The van der Waals surface area contributed by atoms with Crippen molar-refractivity contribution in [1.29, 1.82) is 0 Å². The molecule has 94 valence electrons. The summed E-state index contributed by atoms with van der Waals surface area (Å²) in [7, 11) is 0. The Morgan fingerprint density at radius 2 is 2.06 bits per heavy atom. The van der Waals surface area contributed by atoms with Crippen LogP contribution < -0.4 is 5.32 Å². The lowest BCUT2D eigenvalue weighted by atomic mass is 9.77. The molecule has 1 aliphatic carbocycles. The maximum absolute atomic E-state index is 9.61. The zero-order valence-corrected chi connectivity index (χ0v) is 10.4. The minimum absolute atomic E-state index is 0.00903. The summed E-state index contributed by atoms with van der Waals surface area (Å²) in [6.07, 6.45) is 5.91. The van der Waals surface area contributed by atoms with Gasteiger partial charge in [0.25, 0.3) is 0 Å². The van der Waals surface area contributed by atoms with Crippen LogP contribution in [0.15, 0.2) is 0 Å². The van der Waals surface area contributed by atoms with Gasteiger partial charge in [-0.2, -0.15) is 0 Å². The van der Waals surface area contributed by atoms with Crippen molar-refractivity contribution in [2.24, 2.45) is 11.8 Å². The highest BCUT2D eigenvalue weighted by Crippen LogP contribution is 2.31. The molecule has 1 aliphatic heterocycles.